The molecular weight excluding hydrogens is 206 g/mol. The maximum atomic E-state index is 3.79. The molecule has 1 aliphatic rings. The molecule has 0 radical (unpaired) electrons. The van der Waals surface area contributed by atoms with E-state index in [4.69, 9.17) is 0 Å². The fourth-order valence-corrected chi connectivity index (χ4v) is 3.03. The largest absolute Gasteiger partial charge is 0.307 e. The van der Waals surface area contributed by atoms with E-state index in [1.807, 2.05) is 0 Å². The lowest BCUT2D eigenvalue weighted by molar-refractivity contribution is 0.191. The first kappa shape index (κ1) is 12.6. The summed E-state index contributed by atoms with van der Waals surface area (Å²) in [7, 11) is 0. The van der Waals surface area contributed by atoms with E-state index >= 15 is 0 Å². The zero-order chi connectivity index (χ0) is 12.3. The average molecular weight is 231 g/mol. The van der Waals surface area contributed by atoms with Gasteiger partial charge in [0.2, 0.25) is 0 Å². The normalized spacial score (nSPS) is 25.5. The lowest BCUT2D eigenvalue weighted by Crippen LogP contribution is -2.38. The predicted octanol–water partition coefficient (Wildman–Crippen LogP) is 4.31. The van der Waals surface area contributed by atoms with Crippen molar-refractivity contribution < 1.29 is 0 Å². The fraction of sp³-hybridized carbons (Fsp3) is 0.625. The monoisotopic (exact) mass is 231 g/mol. The van der Waals surface area contributed by atoms with Crippen LogP contribution in [-0.4, -0.2) is 6.04 Å². The molecule has 0 saturated heterocycles. The Kier molecular flexibility index (Phi) is 3.88. The summed E-state index contributed by atoms with van der Waals surface area (Å²) < 4.78 is 0. The molecule has 2 atom stereocenters. The third kappa shape index (κ3) is 3.57. The van der Waals surface area contributed by atoms with E-state index in [0.717, 1.165) is 0 Å². The molecule has 0 amide bonds. The van der Waals surface area contributed by atoms with Crippen LogP contribution in [-0.2, 0) is 0 Å². The summed E-state index contributed by atoms with van der Waals surface area (Å²) in [6.07, 6.45) is 5.39. The molecule has 1 aromatic carbocycles. The average Bonchev–Trinajstić information content (AvgIpc) is 2.29. The van der Waals surface area contributed by atoms with E-state index in [1.165, 1.54) is 31.2 Å². The van der Waals surface area contributed by atoms with Crippen LogP contribution in [0.1, 0.15) is 58.1 Å². The molecular formula is C16H25N. The summed E-state index contributed by atoms with van der Waals surface area (Å²) in [4.78, 5) is 0. The summed E-state index contributed by atoms with van der Waals surface area (Å²) in [5.74, 6) is 0. The standard InChI is InChI=1S/C16H25N/c1-13(14-8-5-4-6-9-14)17-15-10-7-11-16(2,3)12-15/h4-6,8-9,13,15,17H,7,10-12H2,1-3H3/t13-,15?/m0/s1. The van der Waals surface area contributed by atoms with Gasteiger partial charge in [-0.15, -0.1) is 0 Å². The predicted molar refractivity (Wildman–Crippen MR) is 74.0 cm³/mol. The van der Waals surface area contributed by atoms with Crippen LogP contribution in [0.15, 0.2) is 30.3 Å². The van der Waals surface area contributed by atoms with Gasteiger partial charge in [-0.05, 0) is 37.2 Å². The summed E-state index contributed by atoms with van der Waals surface area (Å²) in [5.41, 5.74) is 1.92. The maximum absolute atomic E-state index is 3.79. The highest BCUT2D eigenvalue weighted by Crippen LogP contribution is 2.35. The molecule has 1 nitrogen and oxygen atoms in total. The minimum absolute atomic E-state index is 0.468. The van der Waals surface area contributed by atoms with E-state index < -0.39 is 0 Å². The first-order valence-electron chi connectivity index (χ1n) is 6.88. The van der Waals surface area contributed by atoms with Crippen molar-refractivity contribution in [2.75, 3.05) is 0 Å². The molecule has 94 valence electrons. The Bertz CT molecular complexity index is 342. The Hall–Kier alpha value is -0.820. The number of benzene rings is 1. The van der Waals surface area contributed by atoms with E-state index in [-0.39, 0.29) is 0 Å². The molecule has 1 unspecified atom stereocenters. The Morgan fingerprint density at radius 2 is 1.94 bits per heavy atom. The third-order valence-electron chi connectivity index (χ3n) is 3.99. The van der Waals surface area contributed by atoms with Crippen molar-refractivity contribution in [3.05, 3.63) is 35.9 Å². The number of nitrogens with one attached hydrogen (secondary N) is 1. The first-order valence-corrected chi connectivity index (χ1v) is 6.88. The van der Waals surface area contributed by atoms with Crippen molar-refractivity contribution in [3.63, 3.8) is 0 Å². The van der Waals surface area contributed by atoms with Crippen LogP contribution in [0.25, 0.3) is 0 Å². The molecule has 1 fully saturated rings. The Morgan fingerprint density at radius 1 is 1.24 bits per heavy atom. The highest BCUT2D eigenvalue weighted by molar-refractivity contribution is 5.18. The molecule has 0 aromatic heterocycles. The van der Waals surface area contributed by atoms with E-state index in [9.17, 15) is 0 Å². The van der Waals surface area contributed by atoms with Gasteiger partial charge in [0.25, 0.3) is 0 Å². The smallest absolute Gasteiger partial charge is 0.0294 e. The highest BCUT2D eigenvalue weighted by atomic mass is 14.9. The topological polar surface area (TPSA) is 12.0 Å². The quantitative estimate of drug-likeness (QED) is 0.817. The number of hydrogen-bond acceptors (Lipinski definition) is 1. The van der Waals surface area contributed by atoms with Crippen molar-refractivity contribution in [2.24, 2.45) is 5.41 Å². The SMILES string of the molecule is C[C@H](NC1CCCC(C)(C)C1)c1ccccc1. The van der Waals surface area contributed by atoms with Gasteiger partial charge in [-0.2, -0.15) is 0 Å². The Morgan fingerprint density at radius 3 is 2.59 bits per heavy atom. The Balaban J connectivity index is 1.93. The van der Waals surface area contributed by atoms with Crippen molar-refractivity contribution in [1.82, 2.24) is 5.32 Å². The van der Waals surface area contributed by atoms with Crippen molar-refractivity contribution >= 4 is 0 Å². The molecule has 0 aliphatic heterocycles. The molecule has 1 heteroatoms. The summed E-state index contributed by atoms with van der Waals surface area (Å²) in [5, 5.41) is 3.79. The van der Waals surface area contributed by atoms with Gasteiger partial charge in [-0.3, -0.25) is 0 Å². The molecule has 0 heterocycles. The summed E-state index contributed by atoms with van der Waals surface area (Å²) in [6.45, 7) is 7.07. The molecule has 2 rings (SSSR count). The molecule has 1 N–H and O–H groups in total. The minimum atomic E-state index is 0.468. The van der Waals surface area contributed by atoms with E-state index in [0.29, 0.717) is 17.5 Å². The maximum Gasteiger partial charge on any atom is 0.0294 e. The Labute approximate surface area is 106 Å². The van der Waals surface area contributed by atoms with Gasteiger partial charge in [0.15, 0.2) is 0 Å². The zero-order valence-corrected chi connectivity index (χ0v) is 11.4. The van der Waals surface area contributed by atoms with Crippen LogP contribution in [0.2, 0.25) is 0 Å². The molecule has 0 spiro atoms. The number of rotatable bonds is 3. The molecule has 1 aromatic rings. The van der Waals surface area contributed by atoms with Gasteiger partial charge in [-0.25, -0.2) is 0 Å². The van der Waals surface area contributed by atoms with Crippen LogP contribution >= 0.6 is 0 Å². The molecule has 1 aliphatic carbocycles. The van der Waals surface area contributed by atoms with Crippen LogP contribution < -0.4 is 5.32 Å². The number of hydrogen-bond donors (Lipinski definition) is 1. The highest BCUT2D eigenvalue weighted by Gasteiger charge is 2.28. The van der Waals surface area contributed by atoms with Crippen molar-refractivity contribution in [3.8, 4) is 0 Å². The van der Waals surface area contributed by atoms with Gasteiger partial charge in [-0.1, -0.05) is 50.6 Å². The lowest BCUT2D eigenvalue weighted by atomic mass is 9.75. The first-order chi connectivity index (χ1) is 8.07. The zero-order valence-electron chi connectivity index (χ0n) is 11.4. The summed E-state index contributed by atoms with van der Waals surface area (Å²) in [6, 6.07) is 11.9. The van der Waals surface area contributed by atoms with Gasteiger partial charge in [0.1, 0.15) is 0 Å². The minimum Gasteiger partial charge on any atom is -0.307 e. The van der Waals surface area contributed by atoms with Gasteiger partial charge in [0, 0.05) is 12.1 Å². The third-order valence-corrected chi connectivity index (χ3v) is 3.99. The second kappa shape index (κ2) is 5.22. The molecule has 0 bridgehead atoms. The summed E-state index contributed by atoms with van der Waals surface area (Å²) >= 11 is 0. The van der Waals surface area contributed by atoms with Crippen LogP contribution in [0, 0.1) is 5.41 Å². The second-order valence-electron chi connectivity index (χ2n) is 6.26. The second-order valence-corrected chi connectivity index (χ2v) is 6.26. The van der Waals surface area contributed by atoms with Crippen molar-refractivity contribution in [2.45, 2.75) is 58.5 Å². The van der Waals surface area contributed by atoms with Crippen LogP contribution in [0.3, 0.4) is 0 Å². The van der Waals surface area contributed by atoms with Crippen LogP contribution in [0.5, 0.6) is 0 Å². The van der Waals surface area contributed by atoms with E-state index in [2.05, 4.69) is 56.4 Å². The van der Waals surface area contributed by atoms with Gasteiger partial charge >= 0.3 is 0 Å². The van der Waals surface area contributed by atoms with E-state index in [1.54, 1.807) is 0 Å². The van der Waals surface area contributed by atoms with Gasteiger partial charge in [0.05, 0.1) is 0 Å². The van der Waals surface area contributed by atoms with Gasteiger partial charge < -0.3 is 5.32 Å². The molecule has 1 saturated carbocycles. The lowest BCUT2D eigenvalue weighted by Gasteiger charge is -2.37. The van der Waals surface area contributed by atoms with Crippen LogP contribution in [0.4, 0.5) is 0 Å². The van der Waals surface area contributed by atoms with Crippen molar-refractivity contribution in [1.29, 1.82) is 0 Å². The molecule has 17 heavy (non-hydrogen) atoms. The fourth-order valence-electron chi connectivity index (χ4n) is 3.03.